The van der Waals surface area contributed by atoms with Crippen molar-refractivity contribution in [2.75, 3.05) is 31.1 Å². The third-order valence-electron chi connectivity index (χ3n) is 4.68. The first-order valence-electron chi connectivity index (χ1n) is 8.38. The molecule has 0 N–H and O–H groups in total. The quantitative estimate of drug-likeness (QED) is 0.609. The van der Waals surface area contributed by atoms with E-state index in [4.69, 9.17) is 27.6 Å². The maximum Gasteiger partial charge on any atom is 0.290 e. The molecular formula is C19H17Cl2N3O2. The minimum Gasteiger partial charge on any atom is -0.451 e. The van der Waals surface area contributed by atoms with Gasteiger partial charge in [0.1, 0.15) is 16.6 Å². The fraction of sp³-hybridized carbons (Fsp3) is 0.263. The number of pyridine rings is 1. The Morgan fingerprint density at radius 1 is 1.12 bits per heavy atom. The van der Waals surface area contributed by atoms with Crippen LogP contribution in [0.2, 0.25) is 10.2 Å². The Hall–Kier alpha value is -2.24. The molecule has 0 radical (unpaired) electrons. The molecule has 3 heterocycles. The number of hydrogen-bond donors (Lipinski definition) is 0. The summed E-state index contributed by atoms with van der Waals surface area (Å²) in [5.74, 6) is 1.13. The summed E-state index contributed by atoms with van der Waals surface area (Å²) in [6.45, 7) is 4.49. The summed E-state index contributed by atoms with van der Waals surface area (Å²) in [4.78, 5) is 21.2. The molecule has 7 heteroatoms. The van der Waals surface area contributed by atoms with Crippen LogP contribution in [0.1, 0.15) is 16.1 Å². The Balaban J connectivity index is 1.51. The SMILES string of the molecule is Cc1c(C(=O)N2CCN(c3cccc(Cl)n3)CC2)oc2ccc(Cl)cc12. The summed E-state index contributed by atoms with van der Waals surface area (Å²) in [5.41, 5.74) is 1.50. The molecule has 2 aromatic heterocycles. The third kappa shape index (κ3) is 3.13. The van der Waals surface area contributed by atoms with Crippen LogP contribution in [0.5, 0.6) is 0 Å². The number of amides is 1. The molecule has 26 heavy (non-hydrogen) atoms. The van der Waals surface area contributed by atoms with E-state index in [0.717, 1.165) is 16.8 Å². The number of furan rings is 1. The molecule has 4 rings (SSSR count). The largest absolute Gasteiger partial charge is 0.451 e. The molecule has 1 fully saturated rings. The first kappa shape index (κ1) is 17.2. The summed E-state index contributed by atoms with van der Waals surface area (Å²) >= 11 is 12.0. The maximum absolute atomic E-state index is 12.9. The van der Waals surface area contributed by atoms with Gasteiger partial charge in [0.2, 0.25) is 0 Å². The molecule has 3 aromatic rings. The number of nitrogens with zero attached hydrogens (tertiary/aromatic N) is 3. The first-order chi connectivity index (χ1) is 12.5. The van der Waals surface area contributed by atoms with Crippen LogP contribution in [0.3, 0.4) is 0 Å². The summed E-state index contributed by atoms with van der Waals surface area (Å²) in [5, 5.41) is 1.98. The number of carbonyl (C=O) groups excluding carboxylic acids is 1. The predicted molar refractivity (Wildman–Crippen MR) is 103 cm³/mol. The zero-order valence-corrected chi connectivity index (χ0v) is 15.7. The lowest BCUT2D eigenvalue weighted by Crippen LogP contribution is -2.49. The van der Waals surface area contributed by atoms with Crippen LogP contribution in [0.15, 0.2) is 40.8 Å². The minimum absolute atomic E-state index is 0.0893. The van der Waals surface area contributed by atoms with E-state index in [0.29, 0.717) is 47.7 Å². The standard InChI is InChI=1S/C19H17Cl2N3O2/c1-12-14-11-13(20)5-6-15(14)26-18(12)19(25)24-9-7-23(8-10-24)17-4-2-3-16(21)22-17/h2-6,11H,7-10H2,1H3. The van der Waals surface area contributed by atoms with Gasteiger partial charge in [-0.05, 0) is 37.3 Å². The van der Waals surface area contributed by atoms with Crippen molar-refractivity contribution in [1.82, 2.24) is 9.88 Å². The van der Waals surface area contributed by atoms with Gasteiger partial charge in [-0.2, -0.15) is 0 Å². The number of fused-ring (bicyclic) bond motifs is 1. The summed E-state index contributed by atoms with van der Waals surface area (Å²) in [7, 11) is 0. The number of aryl methyl sites for hydroxylation is 1. The number of rotatable bonds is 2. The van der Waals surface area contributed by atoms with Crippen molar-refractivity contribution in [2.24, 2.45) is 0 Å². The first-order valence-corrected chi connectivity index (χ1v) is 9.14. The Morgan fingerprint density at radius 3 is 2.62 bits per heavy atom. The second-order valence-corrected chi connectivity index (χ2v) is 7.12. The average Bonchev–Trinajstić information content (AvgIpc) is 2.97. The van der Waals surface area contributed by atoms with Crippen molar-refractivity contribution in [3.05, 3.63) is 57.9 Å². The normalized spacial score (nSPS) is 14.9. The molecule has 0 unspecified atom stereocenters. The van der Waals surface area contributed by atoms with Crippen molar-refractivity contribution in [3.8, 4) is 0 Å². The van der Waals surface area contributed by atoms with E-state index in [-0.39, 0.29) is 5.91 Å². The van der Waals surface area contributed by atoms with Gasteiger partial charge in [-0.1, -0.05) is 29.3 Å². The number of hydrogen-bond acceptors (Lipinski definition) is 4. The zero-order chi connectivity index (χ0) is 18.3. The van der Waals surface area contributed by atoms with Gasteiger partial charge >= 0.3 is 0 Å². The fourth-order valence-electron chi connectivity index (χ4n) is 3.25. The molecule has 1 aromatic carbocycles. The van der Waals surface area contributed by atoms with Crippen LogP contribution in [0.4, 0.5) is 5.82 Å². The van der Waals surface area contributed by atoms with E-state index < -0.39 is 0 Å². The number of benzene rings is 1. The Labute approximate surface area is 161 Å². The van der Waals surface area contributed by atoms with Crippen molar-refractivity contribution in [2.45, 2.75) is 6.92 Å². The maximum atomic E-state index is 12.9. The van der Waals surface area contributed by atoms with Crippen molar-refractivity contribution in [3.63, 3.8) is 0 Å². The monoisotopic (exact) mass is 389 g/mol. The lowest BCUT2D eigenvalue weighted by molar-refractivity contribution is 0.0716. The fourth-order valence-corrected chi connectivity index (χ4v) is 3.58. The van der Waals surface area contributed by atoms with Gasteiger partial charge < -0.3 is 14.2 Å². The Kier molecular flexibility index (Phi) is 4.51. The topological polar surface area (TPSA) is 49.6 Å². The van der Waals surface area contributed by atoms with Gasteiger partial charge in [-0.3, -0.25) is 4.79 Å². The molecule has 5 nitrogen and oxygen atoms in total. The van der Waals surface area contributed by atoms with Crippen molar-refractivity contribution < 1.29 is 9.21 Å². The summed E-state index contributed by atoms with van der Waals surface area (Å²) < 4.78 is 5.80. The van der Waals surface area contributed by atoms with Gasteiger partial charge in [0, 0.05) is 42.2 Å². The van der Waals surface area contributed by atoms with Gasteiger partial charge in [-0.15, -0.1) is 0 Å². The predicted octanol–water partition coefficient (Wildman–Crippen LogP) is 4.41. The highest BCUT2D eigenvalue weighted by molar-refractivity contribution is 6.31. The lowest BCUT2D eigenvalue weighted by Gasteiger charge is -2.35. The zero-order valence-electron chi connectivity index (χ0n) is 14.2. The van der Waals surface area contributed by atoms with E-state index in [2.05, 4.69) is 9.88 Å². The number of anilines is 1. The smallest absolute Gasteiger partial charge is 0.290 e. The van der Waals surface area contributed by atoms with Gasteiger partial charge in [0.25, 0.3) is 5.91 Å². The lowest BCUT2D eigenvalue weighted by atomic mass is 10.1. The number of aromatic nitrogens is 1. The summed E-state index contributed by atoms with van der Waals surface area (Å²) in [6.07, 6.45) is 0. The van der Waals surface area contributed by atoms with Crippen molar-refractivity contribution in [1.29, 1.82) is 0 Å². The highest BCUT2D eigenvalue weighted by Gasteiger charge is 2.27. The average molecular weight is 390 g/mol. The molecule has 0 atom stereocenters. The molecule has 0 aliphatic carbocycles. The molecule has 1 saturated heterocycles. The molecule has 134 valence electrons. The Morgan fingerprint density at radius 2 is 1.88 bits per heavy atom. The highest BCUT2D eigenvalue weighted by atomic mass is 35.5. The molecule has 1 amide bonds. The number of piperazine rings is 1. The summed E-state index contributed by atoms with van der Waals surface area (Å²) in [6, 6.07) is 10.9. The molecule has 1 aliphatic rings. The van der Waals surface area contributed by atoms with E-state index in [1.165, 1.54) is 0 Å². The second-order valence-electron chi connectivity index (χ2n) is 6.29. The molecule has 1 aliphatic heterocycles. The van der Waals surface area contributed by atoms with E-state index in [1.807, 2.05) is 30.0 Å². The van der Waals surface area contributed by atoms with Crippen LogP contribution in [0, 0.1) is 6.92 Å². The minimum atomic E-state index is -0.0893. The molecular weight excluding hydrogens is 373 g/mol. The van der Waals surface area contributed by atoms with Crippen LogP contribution < -0.4 is 4.90 Å². The van der Waals surface area contributed by atoms with Crippen LogP contribution >= 0.6 is 23.2 Å². The highest BCUT2D eigenvalue weighted by Crippen LogP contribution is 2.29. The molecule has 0 bridgehead atoms. The Bertz CT molecular complexity index is 978. The number of halogens is 2. The van der Waals surface area contributed by atoms with Gasteiger partial charge in [0.15, 0.2) is 5.76 Å². The third-order valence-corrected chi connectivity index (χ3v) is 5.13. The van der Waals surface area contributed by atoms with Gasteiger partial charge in [0.05, 0.1) is 0 Å². The van der Waals surface area contributed by atoms with E-state index in [1.54, 1.807) is 18.2 Å². The second kappa shape index (κ2) is 6.82. The number of carbonyl (C=O) groups is 1. The van der Waals surface area contributed by atoms with Crippen LogP contribution in [-0.2, 0) is 0 Å². The van der Waals surface area contributed by atoms with Crippen molar-refractivity contribution >= 4 is 45.9 Å². The molecule has 0 spiro atoms. The van der Waals surface area contributed by atoms with Crippen LogP contribution in [0.25, 0.3) is 11.0 Å². The van der Waals surface area contributed by atoms with Gasteiger partial charge in [-0.25, -0.2) is 4.98 Å². The van der Waals surface area contributed by atoms with Crippen LogP contribution in [-0.4, -0.2) is 42.0 Å². The molecule has 0 saturated carbocycles. The van der Waals surface area contributed by atoms with E-state index in [9.17, 15) is 4.79 Å². The van der Waals surface area contributed by atoms with E-state index >= 15 is 0 Å².